The van der Waals surface area contributed by atoms with Crippen molar-refractivity contribution in [3.8, 4) is 0 Å². The number of thiazole rings is 1. The fourth-order valence-electron chi connectivity index (χ4n) is 2.63. The molecular formula is C14H25N3S. The molecular weight excluding hydrogens is 242 g/mol. The normalized spacial score (nSPS) is 21.7. The van der Waals surface area contributed by atoms with E-state index in [1.165, 1.54) is 22.1 Å². The average molecular weight is 267 g/mol. The Kier molecular flexibility index (Phi) is 3.97. The standard InChI is InChI=1S/C14H25N3S/c1-6-15-10-8-14(3,4)9-11-12(10)18-13(16-11)17(5)7-2/h10,15H,6-9H2,1-5H3. The third kappa shape index (κ3) is 2.69. The second-order valence-electron chi connectivity index (χ2n) is 5.98. The van der Waals surface area contributed by atoms with Gasteiger partial charge in [-0.25, -0.2) is 4.98 Å². The first-order valence-electron chi connectivity index (χ1n) is 6.91. The van der Waals surface area contributed by atoms with Crippen LogP contribution in [0.4, 0.5) is 5.13 Å². The van der Waals surface area contributed by atoms with Crippen molar-refractivity contribution in [2.24, 2.45) is 5.41 Å². The fourth-order valence-corrected chi connectivity index (χ4v) is 3.81. The van der Waals surface area contributed by atoms with Gasteiger partial charge in [-0.05, 0) is 31.7 Å². The van der Waals surface area contributed by atoms with Gasteiger partial charge in [0.15, 0.2) is 5.13 Å². The molecule has 0 saturated carbocycles. The molecule has 0 radical (unpaired) electrons. The van der Waals surface area contributed by atoms with E-state index < -0.39 is 0 Å². The predicted octanol–water partition coefficient (Wildman–Crippen LogP) is 3.22. The average Bonchev–Trinajstić information content (AvgIpc) is 2.70. The molecule has 1 unspecified atom stereocenters. The highest BCUT2D eigenvalue weighted by atomic mass is 32.1. The quantitative estimate of drug-likeness (QED) is 0.908. The SMILES string of the molecule is CCNC1CC(C)(C)Cc2nc(N(C)CC)sc21. The van der Waals surface area contributed by atoms with Gasteiger partial charge in [-0.2, -0.15) is 0 Å². The Bertz CT molecular complexity index is 411. The van der Waals surface area contributed by atoms with E-state index in [1.54, 1.807) is 0 Å². The van der Waals surface area contributed by atoms with Crippen molar-refractivity contribution in [1.82, 2.24) is 10.3 Å². The third-order valence-electron chi connectivity index (χ3n) is 3.69. The Hall–Kier alpha value is -0.610. The number of aromatic nitrogens is 1. The highest BCUT2D eigenvalue weighted by Crippen LogP contribution is 2.44. The Morgan fingerprint density at radius 1 is 1.44 bits per heavy atom. The fraction of sp³-hybridized carbons (Fsp3) is 0.786. The number of anilines is 1. The van der Waals surface area contributed by atoms with Crippen LogP contribution < -0.4 is 10.2 Å². The molecule has 2 rings (SSSR count). The lowest BCUT2D eigenvalue weighted by Gasteiger charge is -2.34. The number of rotatable bonds is 4. The minimum atomic E-state index is 0.357. The molecule has 0 fully saturated rings. The van der Waals surface area contributed by atoms with Crippen molar-refractivity contribution in [2.75, 3.05) is 25.0 Å². The third-order valence-corrected chi connectivity index (χ3v) is 5.01. The molecule has 1 aliphatic carbocycles. The van der Waals surface area contributed by atoms with Crippen molar-refractivity contribution in [3.63, 3.8) is 0 Å². The van der Waals surface area contributed by atoms with Crippen LogP contribution in [0.5, 0.6) is 0 Å². The first kappa shape index (κ1) is 13.8. The van der Waals surface area contributed by atoms with Crippen molar-refractivity contribution in [2.45, 2.75) is 46.6 Å². The van der Waals surface area contributed by atoms with Gasteiger partial charge in [0, 0.05) is 24.5 Å². The van der Waals surface area contributed by atoms with Crippen molar-refractivity contribution in [3.05, 3.63) is 10.6 Å². The summed E-state index contributed by atoms with van der Waals surface area (Å²) in [7, 11) is 2.12. The molecule has 1 heterocycles. The minimum absolute atomic E-state index is 0.357. The molecule has 102 valence electrons. The molecule has 0 spiro atoms. The van der Waals surface area contributed by atoms with E-state index in [1.807, 2.05) is 11.3 Å². The monoisotopic (exact) mass is 267 g/mol. The Balaban J connectivity index is 2.33. The summed E-state index contributed by atoms with van der Waals surface area (Å²) < 4.78 is 0. The van der Waals surface area contributed by atoms with E-state index in [0.717, 1.165) is 19.5 Å². The Morgan fingerprint density at radius 3 is 2.78 bits per heavy atom. The number of hydrogen-bond donors (Lipinski definition) is 1. The molecule has 1 N–H and O–H groups in total. The van der Waals surface area contributed by atoms with Gasteiger partial charge < -0.3 is 10.2 Å². The maximum Gasteiger partial charge on any atom is 0.185 e. The molecule has 4 heteroatoms. The van der Waals surface area contributed by atoms with Crippen molar-refractivity contribution < 1.29 is 0 Å². The smallest absolute Gasteiger partial charge is 0.185 e. The van der Waals surface area contributed by atoms with E-state index >= 15 is 0 Å². The summed E-state index contributed by atoms with van der Waals surface area (Å²) in [6.45, 7) is 11.1. The Labute approximate surface area is 115 Å². The highest BCUT2D eigenvalue weighted by molar-refractivity contribution is 7.15. The summed E-state index contributed by atoms with van der Waals surface area (Å²) in [6, 6.07) is 0.491. The first-order chi connectivity index (χ1) is 8.46. The summed E-state index contributed by atoms with van der Waals surface area (Å²) >= 11 is 1.87. The van der Waals surface area contributed by atoms with Crippen LogP contribution in [0.1, 0.15) is 50.7 Å². The van der Waals surface area contributed by atoms with Crippen LogP contribution in [-0.2, 0) is 6.42 Å². The predicted molar refractivity (Wildman–Crippen MR) is 79.6 cm³/mol. The van der Waals surface area contributed by atoms with Crippen molar-refractivity contribution >= 4 is 16.5 Å². The van der Waals surface area contributed by atoms with Crippen LogP contribution >= 0.6 is 11.3 Å². The van der Waals surface area contributed by atoms with Gasteiger partial charge in [-0.3, -0.25) is 0 Å². The zero-order valence-electron chi connectivity index (χ0n) is 12.2. The summed E-state index contributed by atoms with van der Waals surface area (Å²) in [6.07, 6.45) is 2.32. The van der Waals surface area contributed by atoms with E-state index in [-0.39, 0.29) is 0 Å². The topological polar surface area (TPSA) is 28.2 Å². The zero-order valence-corrected chi connectivity index (χ0v) is 13.0. The van der Waals surface area contributed by atoms with E-state index in [9.17, 15) is 0 Å². The second-order valence-corrected chi connectivity index (χ2v) is 6.99. The molecule has 0 aliphatic heterocycles. The van der Waals surface area contributed by atoms with E-state index in [0.29, 0.717) is 11.5 Å². The van der Waals surface area contributed by atoms with Crippen LogP contribution in [0.2, 0.25) is 0 Å². The number of hydrogen-bond acceptors (Lipinski definition) is 4. The molecule has 1 aromatic rings. The molecule has 0 amide bonds. The lowest BCUT2D eigenvalue weighted by Crippen LogP contribution is -2.32. The largest absolute Gasteiger partial charge is 0.351 e. The van der Waals surface area contributed by atoms with E-state index in [2.05, 4.69) is 45.0 Å². The van der Waals surface area contributed by atoms with Crippen molar-refractivity contribution in [1.29, 1.82) is 0 Å². The maximum atomic E-state index is 4.85. The van der Waals surface area contributed by atoms with Gasteiger partial charge in [-0.15, -0.1) is 0 Å². The van der Waals surface area contributed by atoms with Crippen LogP contribution in [0.25, 0.3) is 0 Å². The molecule has 3 nitrogen and oxygen atoms in total. The number of nitrogens with one attached hydrogen (secondary N) is 1. The summed E-state index contributed by atoms with van der Waals surface area (Å²) in [5.74, 6) is 0. The molecule has 0 saturated heterocycles. The minimum Gasteiger partial charge on any atom is -0.351 e. The molecule has 0 bridgehead atoms. The zero-order chi connectivity index (χ0) is 13.3. The molecule has 1 aliphatic rings. The number of nitrogens with zero attached hydrogens (tertiary/aromatic N) is 2. The molecule has 1 aromatic heterocycles. The lowest BCUT2D eigenvalue weighted by molar-refractivity contribution is 0.260. The van der Waals surface area contributed by atoms with Crippen LogP contribution in [0.15, 0.2) is 0 Å². The summed E-state index contributed by atoms with van der Waals surface area (Å²) in [5, 5.41) is 4.79. The maximum absolute atomic E-state index is 4.85. The Morgan fingerprint density at radius 2 is 2.17 bits per heavy atom. The van der Waals surface area contributed by atoms with E-state index in [4.69, 9.17) is 4.98 Å². The van der Waals surface area contributed by atoms with Crippen LogP contribution in [0, 0.1) is 5.41 Å². The molecule has 0 aromatic carbocycles. The number of fused-ring (bicyclic) bond motifs is 1. The van der Waals surface area contributed by atoms with Gasteiger partial charge in [-0.1, -0.05) is 32.1 Å². The lowest BCUT2D eigenvalue weighted by atomic mass is 9.76. The molecule has 18 heavy (non-hydrogen) atoms. The van der Waals surface area contributed by atoms with Crippen LogP contribution in [0.3, 0.4) is 0 Å². The first-order valence-corrected chi connectivity index (χ1v) is 7.72. The van der Waals surface area contributed by atoms with Gasteiger partial charge >= 0.3 is 0 Å². The van der Waals surface area contributed by atoms with Gasteiger partial charge in [0.2, 0.25) is 0 Å². The summed E-state index contributed by atoms with van der Waals surface area (Å²) in [4.78, 5) is 8.55. The second kappa shape index (κ2) is 5.17. The molecule has 1 atom stereocenters. The van der Waals surface area contributed by atoms with Gasteiger partial charge in [0.05, 0.1) is 5.69 Å². The summed E-state index contributed by atoms with van der Waals surface area (Å²) in [5.41, 5.74) is 1.67. The van der Waals surface area contributed by atoms with Gasteiger partial charge in [0.1, 0.15) is 0 Å². The van der Waals surface area contributed by atoms with Gasteiger partial charge in [0.25, 0.3) is 0 Å². The van der Waals surface area contributed by atoms with Crippen LogP contribution in [-0.4, -0.2) is 25.1 Å². The highest BCUT2D eigenvalue weighted by Gasteiger charge is 2.34.